The van der Waals surface area contributed by atoms with Gasteiger partial charge in [-0.3, -0.25) is 19.1 Å². The molecular weight excluding hydrogens is 829 g/mol. The molecule has 0 fully saturated rings. The first-order chi connectivity index (χ1) is 31.6. The SMILES string of the molecule is CC.CCCN(C)Cc1nc2ccc(-c3ccc(-c4ccc5nc(CN(CCC)C(=O)C(Cn6cccn6)NC(=O)OC)[nH]c5c4)cc3)cc2[nH]1.COC(=O)NC(C=O)Cn1cccn1. The lowest BCUT2D eigenvalue weighted by atomic mass is 10.00. The van der Waals surface area contributed by atoms with Crippen LogP contribution in [0.2, 0.25) is 0 Å². The van der Waals surface area contributed by atoms with Gasteiger partial charge in [0.15, 0.2) is 0 Å². The van der Waals surface area contributed by atoms with Gasteiger partial charge >= 0.3 is 12.2 Å². The minimum absolute atomic E-state index is 0.180. The number of hydrogen-bond acceptors (Lipinski definition) is 11. The maximum Gasteiger partial charge on any atom is 0.407 e. The van der Waals surface area contributed by atoms with E-state index >= 15 is 0 Å². The molecule has 7 aromatic rings. The lowest BCUT2D eigenvalue weighted by molar-refractivity contribution is -0.134. The first kappa shape index (κ1) is 48.7. The van der Waals surface area contributed by atoms with Crippen molar-refractivity contribution in [3.8, 4) is 22.3 Å². The standard InChI is InChI=1S/C37H43N9O3.C8H11N3O3.C2H6/c1-5-17-44(3)23-34-39-29-14-12-27(20-31(29)41-34)25-8-10-26(11-9-25)28-13-15-30-32(21-28)42-35(40-30)24-45(18-6-2)36(47)33(43-37(48)49-4)22-46-19-7-16-38-46;1-14-8(13)10-7(6-12)5-11-4-2-3-9-11;1-2/h7-16,19-21,33H,5-6,17-18,22-24H2,1-4H3,(H,39,41)(H,40,42)(H,43,48);2-4,6-7H,5H2,1H3,(H,10,13);1-2H3. The molecule has 0 saturated heterocycles. The van der Waals surface area contributed by atoms with Gasteiger partial charge in [-0.25, -0.2) is 19.6 Å². The molecule has 18 nitrogen and oxygen atoms in total. The van der Waals surface area contributed by atoms with Crippen molar-refractivity contribution in [3.05, 3.63) is 109 Å². The summed E-state index contributed by atoms with van der Waals surface area (Å²) in [6.45, 7) is 11.3. The summed E-state index contributed by atoms with van der Waals surface area (Å²) in [5, 5.41) is 13.1. The number of nitrogens with zero attached hydrogens (tertiary/aromatic N) is 8. The van der Waals surface area contributed by atoms with Crippen molar-refractivity contribution in [2.45, 2.75) is 78.8 Å². The number of aromatic nitrogens is 8. The predicted octanol–water partition coefficient (Wildman–Crippen LogP) is 6.81. The molecule has 0 saturated carbocycles. The largest absolute Gasteiger partial charge is 0.453 e. The van der Waals surface area contributed by atoms with Crippen LogP contribution in [-0.2, 0) is 45.2 Å². The molecule has 2 unspecified atom stereocenters. The van der Waals surface area contributed by atoms with Crippen LogP contribution in [0.1, 0.15) is 52.2 Å². The number of rotatable bonds is 18. The summed E-state index contributed by atoms with van der Waals surface area (Å²) in [5.74, 6) is 1.40. The van der Waals surface area contributed by atoms with E-state index < -0.39 is 24.3 Å². The second kappa shape index (κ2) is 24.5. The highest BCUT2D eigenvalue weighted by Gasteiger charge is 2.28. The van der Waals surface area contributed by atoms with Crippen molar-refractivity contribution in [1.29, 1.82) is 0 Å². The second-order valence-electron chi connectivity index (χ2n) is 14.9. The van der Waals surface area contributed by atoms with Crippen LogP contribution >= 0.6 is 0 Å². The van der Waals surface area contributed by atoms with Gasteiger partial charge in [0.25, 0.3) is 0 Å². The van der Waals surface area contributed by atoms with E-state index in [1.54, 1.807) is 51.2 Å². The number of nitrogens with one attached hydrogen (secondary N) is 4. The molecule has 344 valence electrons. The summed E-state index contributed by atoms with van der Waals surface area (Å²) in [5.41, 5.74) is 8.11. The fourth-order valence-electron chi connectivity index (χ4n) is 7.07. The van der Waals surface area contributed by atoms with Gasteiger partial charge in [-0.1, -0.05) is 64.1 Å². The van der Waals surface area contributed by atoms with Crippen LogP contribution in [0.3, 0.4) is 0 Å². The van der Waals surface area contributed by atoms with Gasteiger partial charge in [0, 0.05) is 31.3 Å². The summed E-state index contributed by atoms with van der Waals surface area (Å²) in [6, 6.07) is 23.1. The smallest absolute Gasteiger partial charge is 0.407 e. The highest BCUT2D eigenvalue weighted by Crippen LogP contribution is 2.29. The number of methoxy groups -OCH3 is 2. The van der Waals surface area contributed by atoms with Crippen LogP contribution in [0.25, 0.3) is 44.3 Å². The monoisotopic (exact) mass is 888 g/mol. The third-order valence-corrected chi connectivity index (χ3v) is 10.1. The number of benzene rings is 3. The van der Waals surface area contributed by atoms with E-state index in [9.17, 15) is 19.2 Å². The molecule has 65 heavy (non-hydrogen) atoms. The highest BCUT2D eigenvalue weighted by atomic mass is 16.5. The van der Waals surface area contributed by atoms with Crippen LogP contribution in [0, 0.1) is 0 Å². The van der Waals surface area contributed by atoms with Gasteiger partial charge in [0.05, 0.1) is 62.5 Å². The first-order valence-corrected chi connectivity index (χ1v) is 21.7. The van der Waals surface area contributed by atoms with Crippen LogP contribution in [-0.4, -0.2) is 120 Å². The molecule has 0 aliphatic carbocycles. The van der Waals surface area contributed by atoms with Crippen LogP contribution in [0.15, 0.2) is 97.6 Å². The van der Waals surface area contributed by atoms with Gasteiger partial charge in [0.1, 0.15) is 30.0 Å². The number of amides is 3. The average Bonchev–Trinajstić information content (AvgIpc) is 4.17. The lowest BCUT2D eigenvalue weighted by Crippen LogP contribution is -2.50. The minimum atomic E-state index is -0.853. The summed E-state index contributed by atoms with van der Waals surface area (Å²) < 4.78 is 12.3. The Bertz CT molecular complexity index is 2550. The molecule has 0 spiro atoms. The maximum absolute atomic E-state index is 13.7. The molecular formula is C47H60N12O6. The van der Waals surface area contributed by atoms with Crippen LogP contribution in [0.4, 0.5) is 9.59 Å². The Morgan fingerprint density at radius 1 is 0.708 bits per heavy atom. The molecule has 0 aliphatic rings. The number of aldehydes is 1. The van der Waals surface area contributed by atoms with Crippen molar-refractivity contribution in [1.82, 2.24) is 59.9 Å². The molecule has 0 aliphatic heterocycles. The topological polar surface area (TPSA) is 210 Å². The van der Waals surface area contributed by atoms with Gasteiger partial charge in [-0.05, 0) is 85.1 Å². The summed E-state index contributed by atoms with van der Waals surface area (Å²) in [6.07, 6.45) is 7.86. The predicted molar refractivity (Wildman–Crippen MR) is 249 cm³/mol. The number of ether oxygens (including phenoxy) is 2. The van der Waals surface area contributed by atoms with E-state index in [1.807, 2.05) is 26.8 Å². The zero-order chi connectivity index (χ0) is 46.7. The zero-order valence-corrected chi connectivity index (χ0v) is 38.2. The minimum Gasteiger partial charge on any atom is -0.453 e. The van der Waals surface area contributed by atoms with Crippen molar-refractivity contribution in [2.24, 2.45) is 0 Å². The Morgan fingerprint density at radius 2 is 1.20 bits per heavy atom. The number of carbonyl (C=O) groups is 4. The van der Waals surface area contributed by atoms with Crippen molar-refractivity contribution in [2.75, 3.05) is 34.4 Å². The summed E-state index contributed by atoms with van der Waals surface area (Å²) >= 11 is 0. The van der Waals surface area contributed by atoms with E-state index in [1.165, 1.54) is 14.2 Å². The number of aromatic amines is 2. The molecule has 4 N–H and O–H groups in total. The third kappa shape index (κ3) is 13.8. The van der Waals surface area contributed by atoms with E-state index in [0.29, 0.717) is 25.2 Å². The Kier molecular flexibility index (Phi) is 18.3. The van der Waals surface area contributed by atoms with E-state index in [-0.39, 0.29) is 19.0 Å². The molecule has 18 heteroatoms. The normalized spacial score (nSPS) is 11.8. The quantitative estimate of drug-likeness (QED) is 0.0658. The Morgan fingerprint density at radius 3 is 1.68 bits per heavy atom. The maximum atomic E-state index is 13.7. The number of H-pyrrole nitrogens is 2. The molecule has 3 amide bonds. The number of hydrogen-bond donors (Lipinski definition) is 4. The summed E-state index contributed by atoms with van der Waals surface area (Å²) in [7, 11) is 4.63. The first-order valence-electron chi connectivity index (χ1n) is 21.7. The lowest BCUT2D eigenvalue weighted by Gasteiger charge is -2.26. The molecule has 2 atom stereocenters. The van der Waals surface area contributed by atoms with Crippen molar-refractivity contribution in [3.63, 3.8) is 0 Å². The Hall–Kier alpha value is -7.34. The molecule has 4 heterocycles. The van der Waals surface area contributed by atoms with E-state index in [4.69, 9.17) is 14.7 Å². The van der Waals surface area contributed by atoms with E-state index in [2.05, 4.69) is 109 Å². The van der Waals surface area contributed by atoms with E-state index in [0.717, 1.165) is 76.1 Å². The number of alkyl carbamates (subject to hydrolysis) is 2. The zero-order valence-electron chi connectivity index (χ0n) is 38.2. The van der Waals surface area contributed by atoms with Crippen LogP contribution in [0.5, 0.6) is 0 Å². The van der Waals surface area contributed by atoms with Gasteiger partial charge in [-0.2, -0.15) is 10.2 Å². The highest BCUT2D eigenvalue weighted by molar-refractivity contribution is 5.87. The van der Waals surface area contributed by atoms with Crippen molar-refractivity contribution >= 4 is 46.4 Å². The molecule has 4 aromatic heterocycles. The number of fused-ring (bicyclic) bond motifs is 2. The Labute approximate surface area is 378 Å². The molecule has 0 radical (unpaired) electrons. The fraction of sp³-hybridized carbons (Fsp3) is 0.362. The van der Waals surface area contributed by atoms with Gasteiger partial charge in [0.2, 0.25) is 5.91 Å². The average molecular weight is 889 g/mol. The van der Waals surface area contributed by atoms with Gasteiger partial charge in [-0.15, -0.1) is 0 Å². The number of carbonyl (C=O) groups excluding carboxylic acids is 4. The number of imidazole rings is 2. The molecule has 0 bridgehead atoms. The summed E-state index contributed by atoms with van der Waals surface area (Å²) in [4.78, 5) is 67.6. The van der Waals surface area contributed by atoms with Crippen LogP contribution < -0.4 is 10.6 Å². The Balaban J connectivity index is 0.000000422. The third-order valence-electron chi connectivity index (χ3n) is 10.1. The van der Waals surface area contributed by atoms with Gasteiger partial charge < -0.3 is 39.8 Å². The van der Waals surface area contributed by atoms with Crippen molar-refractivity contribution < 1.29 is 28.7 Å². The second-order valence-corrected chi connectivity index (χ2v) is 14.9. The molecule has 7 rings (SSSR count). The molecule has 3 aromatic carbocycles. The fourth-order valence-corrected chi connectivity index (χ4v) is 7.07.